The Bertz CT molecular complexity index is 225. The standard InChI is InChI=1S/C7H8N2O.BrH/c8-9-7(10)6-4-2-1-3-5-6;/h1-5H,8H2,(H,9,10);1H. The molecule has 4 heteroatoms. The summed E-state index contributed by atoms with van der Waals surface area (Å²) in [5.41, 5.74) is 2.62. The highest BCUT2D eigenvalue weighted by molar-refractivity contribution is 8.93. The summed E-state index contributed by atoms with van der Waals surface area (Å²) in [6, 6.07) is 8.80. The van der Waals surface area contributed by atoms with E-state index in [-0.39, 0.29) is 22.9 Å². The third-order valence-electron chi connectivity index (χ3n) is 1.17. The van der Waals surface area contributed by atoms with Gasteiger partial charge >= 0.3 is 0 Å². The molecule has 0 aliphatic carbocycles. The van der Waals surface area contributed by atoms with Gasteiger partial charge in [-0.25, -0.2) is 5.84 Å². The van der Waals surface area contributed by atoms with E-state index in [1.165, 1.54) is 0 Å². The fraction of sp³-hybridized carbons (Fsp3) is 0. The quantitative estimate of drug-likeness (QED) is 0.416. The zero-order valence-electron chi connectivity index (χ0n) is 5.78. The second kappa shape index (κ2) is 4.87. The Balaban J connectivity index is 0.000001000. The maximum absolute atomic E-state index is 10.8. The van der Waals surface area contributed by atoms with E-state index >= 15 is 0 Å². The highest BCUT2D eigenvalue weighted by Crippen LogP contribution is 1.95. The number of hydrogen-bond donors (Lipinski definition) is 2. The van der Waals surface area contributed by atoms with Gasteiger partial charge in [0.15, 0.2) is 0 Å². The predicted molar refractivity (Wildman–Crippen MR) is 48.4 cm³/mol. The van der Waals surface area contributed by atoms with Crippen molar-refractivity contribution in [1.82, 2.24) is 5.43 Å². The molecule has 0 saturated carbocycles. The summed E-state index contributed by atoms with van der Waals surface area (Å²) >= 11 is 0. The molecule has 0 atom stereocenters. The molecule has 0 heterocycles. The number of benzene rings is 1. The molecule has 3 nitrogen and oxygen atoms in total. The van der Waals surface area contributed by atoms with Gasteiger partial charge < -0.3 is 0 Å². The SMILES string of the molecule is Br.NNC(=O)c1ccccc1. The Morgan fingerprint density at radius 3 is 2.27 bits per heavy atom. The average Bonchev–Trinajstić information content (AvgIpc) is 2.05. The maximum Gasteiger partial charge on any atom is 0.265 e. The first-order valence-electron chi connectivity index (χ1n) is 2.90. The van der Waals surface area contributed by atoms with Crippen molar-refractivity contribution >= 4 is 22.9 Å². The lowest BCUT2D eigenvalue weighted by Gasteiger charge is -1.95. The molecule has 1 aromatic rings. The molecule has 0 radical (unpaired) electrons. The van der Waals surface area contributed by atoms with E-state index in [1.54, 1.807) is 24.3 Å². The number of carbonyl (C=O) groups excluding carboxylic acids is 1. The Kier molecular flexibility index (Phi) is 4.49. The molecule has 60 valence electrons. The van der Waals surface area contributed by atoms with Crippen LogP contribution in [0, 0.1) is 0 Å². The van der Waals surface area contributed by atoms with Crippen LogP contribution >= 0.6 is 17.0 Å². The van der Waals surface area contributed by atoms with E-state index in [4.69, 9.17) is 5.84 Å². The fourth-order valence-corrected chi connectivity index (χ4v) is 0.673. The smallest absolute Gasteiger partial charge is 0.265 e. The molecule has 0 aromatic heterocycles. The molecule has 0 aliphatic heterocycles. The second-order valence-electron chi connectivity index (χ2n) is 1.84. The van der Waals surface area contributed by atoms with Crippen LogP contribution in [0.2, 0.25) is 0 Å². The first-order valence-corrected chi connectivity index (χ1v) is 2.90. The van der Waals surface area contributed by atoms with Crippen LogP contribution in [0.1, 0.15) is 10.4 Å². The number of hydrogen-bond acceptors (Lipinski definition) is 2. The van der Waals surface area contributed by atoms with Crippen LogP contribution in [-0.2, 0) is 0 Å². The molecule has 0 unspecified atom stereocenters. The summed E-state index contributed by atoms with van der Waals surface area (Å²) < 4.78 is 0. The third-order valence-corrected chi connectivity index (χ3v) is 1.17. The van der Waals surface area contributed by atoms with Crippen molar-refractivity contribution in [3.63, 3.8) is 0 Å². The van der Waals surface area contributed by atoms with E-state index in [1.807, 2.05) is 11.5 Å². The zero-order chi connectivity index (χ0) is 7.40. The summed E-state index contributed by atoms with van der Waals surface area (Å²) in [5, 5.41) is 0. The molecular formula is C7H9BrN2O. The minimum absolute atomic E-state index is 0. The van der Waals surface area contributed by atoms with Crippen molar-refractivity contribution in [2.75, 3.05) is 0 Å². The first-order chi connectivity index (χ1) is 4.84. The Hall–Kier alpha value is -0.870. The van der Waals surface area contributed by atoms with E-state index in [2.05, 4.69) is 0 Å². The Morgan fingerprint density at radius 1 is 1.27 bits per heavy atom. The van der Waals surface area contributed by atoms with Gasteiger partial charge in [-0.3, -0.25) is 10.2 Å². The van der Waals surface area contributed by atoms with Gasteiger partial charge in [0.05, 0.1) is 0 Å². The van der Waals surface area contributed by atoms with Crippen LogP contribution in [-0.4, -0.2) is 5.91 Å². The lowest BCUT2D eigenvalue weighted by atomic mass is 10.2. The molecule has 0 fully saturated rings. The van der Waals surface area contributed by atoms with Crippen molar-refractivity contribution in [3.05, 3.63) is 35.9 Å². The molecule has 0 spiro atoms. The molecule has 1 rings (SSSR count). The highest BCUT2D eigenvalue weighted by atomic mass is 79.9. The van der Waals surface area contributed by atoms with Crippen molar-refractivity contribution in [2.24, 2.45) is 5.84 Å². The number of nitrogens with two attached hydrogens (primary N) is 1. The molecule has 0 saturated heterocycles. The molecule has 0 aliphatic rings. The number of halogens is 1. The number of amides is 1. The largest absolute Gasteiger partial charge is 0.290 e. The maximum atomic E-state index is 10.8. The summed E-state index contributed by atoms with van der Waals surface area (Å²) in [6.45, 7) is 0. The van der Waals surface area contributed by atoms with Crippen LogP contribution in [0.5, 0.6) is 0 Å². The van der Waals surface area contributed by atoms with Gasteiger partial charge in [-0.2, -0.15) is 0 Å². The van der Waals surface area contributed by atoms with Crippen molar-refractivity contribution < 1.29 is 4.79 Å². The van der Waals surface area contributed by atoms with Gasteiger partial charge in [0.2, 0.25) is 0 Å². The molecule has 1 amide bonds. The van der Waals surface area contributed by atoms with E-state index < -0.39 is 0 Å². The topological polar surface area (TPSA) is 55.1 Å². The number of hydrazine groups is 1. The molecule has 3 N–H and O–H groups in total. The molecule has 1 aromatic carbocycles. The lowest BCUT2D eigenvalue weighted by Crippen LogP contribution is -2.29. The predicted octanol–water partition coefficient (Wildman–Crippen LogP) is 0.868. The minimum Gasteiger partial charge on any atom is -0.290 e. The van der Waals surface area contributed by atoms with Gasteiger partial charge in [-0.1, -0.05) is 18.2 Å². The number of carbonyl (C=O) groups is 1. The summed E-state index contributed by atoms with van der Waals surface area (Å²) in [6.07, 6.45) is 0. The lowest BCUT2D eigenvalue weighted by molar-refractivity contribution is 0.0953. The monoisotopic (exact) mass is 216 g/mol. The van der Waals surface area contributed by atoms with Gasteiger partial charge in [-0.15, -0.1) is 17.0 Å². The van der Waals surface area contributed by atoms with Crippen LogP contribution in [0.25, 0.3) is 0 Å². The van der Waals surface area contributed by atoms with Crippen LogP contribution in [0.15, 0.2) is 30.3 Å². The number of nitrogens with one attached hydrogen (secondary N) is 1. The van der Waals surface area contributed by atoms with Gasteiger partial charge in [0.25, 0.3) is 5.91 Å². The normalized spacial score (nSPS) is 8.09. The Labute approximate surface area is 75.3 Å². The first kappa shape index (κ1) is 10.1. The highest BCUT2D eigenvalue weighted by Gasteiger charge is 1.98. The second-order valence-corrected chi connectivity index (χ2v) is 1.84. The van der Waals surface area contributed by atoms with Crippen molar-refractivity contribution in [1.29, 1.82) is 0 Å². The van der Waals surface area contributed by atoms with E-state index in [0.717, 1.165) is 0 Å². The van der Waals surface area contributed by atoms with E-state index in [9.17, 15) is 4.79 Å². The molecular weight excluding hydrogens is 208 g/mol. The van der Waals surface area contributed by atoms with Gasteiger partial charge in [-0.05, 0) is 12.1 Å². The van der Waals surface area contributed by atoms with Gasteiger partial charge in [0.1, 0.15) is 0 Å². The summed E-state index contributed by atoms with van der Waals surface area (Å²) in [5.74, 6) is 4.64. The summed E-state index contributed by atoms with van der Waals surface area (Å²) in [7, 11) is 0. The van der Waals surface area contributed by atoms with Crippen LogP contribution in [0.3, 0.4) is 0 Å². The third kappa shape index (κ3) is 2.69. The van der Waals surface area contributed by atoms with Crippen molar-refractivity contribution in [2.45, 2.75) is 0 Å². The van der Waals surface area contributed by atoms with Crippen molar-refractivity contribution in [3.8, 4) is 0 Å². The van der Waals surface area contributed by atoms with Gasteiger partial charge in [0, 0.05) is 5.56 Å². The average molecular weight is 217 g/mol. The molecule has 0 bridgehead atoms. The van der Waals surface area contributed by atoms with E-state index in [0.29, 0.717) is 5.56 Å². The Morgan fingerprint density at radius 2 is 1.82 bits per heavy atom. The zero-order valence-corrected chi connectivity index (χ0v) is 7.49. The summed E-state index contributed by atoms with van der Waals surface area (Å²) in [4.78, 5) is 10.8. The molecule has 11 heavy (non-hydrogen) atoms. The van der Waals surface area contributed by atoms with Crippen LogP contribution in [0.4, 0.5) is 0 Å². The minimum atomic E-state index is -0.263. The number of nitrogen functional groups attached to an aromatic ring is 1. The number of rotatable bonds is 1. The van der Waals surface area contributed by atoms with Crippen LogP contribution < -0.4 is 11.3 Å². The fourth-order valence-electron chi connectivity index (χ4n) is 0.673.